The summed E-state index contributed by atoms with van der Waals surface area (Å²) in [7, 11) is 3.07. The zero-order valence-electron chi connectivity index (χ0n) is 14.4. The lowest BCUT2D eigenvalue weighted by molar-refractivity contribution is -0.137. The van der Waals surface area contributed by atoms with E-state index in [1.54, 1.807) is 42.9 Å². The van der Waals surface area contributed by atoms with E-state index in [9.17, 15) is 13.2 Å². The molecule has 2 aromatic heterocycles. The molecule has 2 heterocycles. The van der Waals surface area contributed by atoms with E-state index in [2.05, 4.69) is 9.97 Å². The van der Waals surface area contributed by atoms with Gasteiger partial charge >= 0.3 is 6.18 Å². The number of halogens is 3. The van der Waals surface area contributed by atoms with Gasteiger partial charge in [0.1, 0.15) is 11.3 Å². The maximum Gasteiger partial charge on any atom is 0.417 e. The number of H-pyrrole nitrogens is 1. The highest BCUT2D eigenvalue weighted by Crippen LogP contribution is 2.47. The molecular weight excluding hydrogens is 343 g/mol. The van der Waals surface area contributed by atoms with Crippen molar-refractivity contribution in [1.82, 2.24) is 14.5 Å². The standard InChI is InChI=1S/C19H16F3N3O/c1-10-24-17-15(25(10)2)9-13(19(20,21)22)16(18(17)26-3)12-5-4-6-14-11(12)7-8-23-14/h4-9,23H,1-3H3. The first kappa shape index (κ1) is 16.5. The van der Waals surface area contributed by atoms with Gasteiger partial charge in [-0.1, -0.05) is 12.1 Å². The topological polar surface area (TPSA) is 42.8 Å². The van der Waals surface area contributed by atoms with Gasteiger partial charge < -0.3 is 14.3 Å². The Labute approximate surface area is 147 Å². The maximum atomic E-state index is 13.9. The van der Waals surface area contributed by atoms with E-state index in [0.717, 1.165) is 11.6 Å². The average Bonchev–Trinajstić information content (AvgIpc) is 3.17. The van der Waals surface area contributed by atoms with Crippen molar-refractivity contribution in [2.45, 2.75) is 13.1 Å². The second-order valence-electron chi connectivity index (χ2n) is 6.16. The molecule has 0 aliphatic rings. The van der Waals surface area contributed by atoms with Crippen LogP contribution in [-0.4, -0.2) is 21.6 Å². The smallest absolute Gasteiger partial charge is 0.417 e. The highest BCUT2D eigenvalue weighted by molar-refractivity contribution is 6.02. The highest BCUT2D eigenvalue weighted by atomic mass is 19.4. The van der Waals surface area contributed by atoms with Crippen LogP contribution in [0.2, 0.25) is 0 Å². The Kier molecular flexibility index (Phi) is 3.50. The number of imidazole rings is 1. The lowest BCUT2D eigenvalue weighted by Crippen LogP contribution is -2.09. The van der Waals surface area contributed by atoms with E-state index in [1.807, 2.05) is 6.07 Å². The summed E-state index contributed by atoms with van der Waals surface area (Å²) in [5, 5.41) is 0.698. The predicted octanol–water partition coefficient (Wildman–Crippen LogP) is 5.06. The van der Waals surface area contributed by atoms with Gasteiger partial charge in [-0.25, -0.2) is 4.98 Å². The number of rotatable bonds is 2. The van der Waals surface area contributed by atoms with Crippen LogP contribution in [0.15, 0.2) is 36.5 Å². The number of aromatic amines is 1. The third kappa shape index (κ3) is 2.27. The zero-order valence-corrected chi connectivity index (χ0v) is 14.4. The molecule has 4 nitrogen and oxygen atoms in total. The molecule has 0 saturated carbocycles. The Balaban J connectivity index is 2.21. The van der Waals surface area contributed by atoms with Crippen molar-refractivity contribution in [2.75, 3.05) is 7.11 Å². The minimum atomic E-state index is -4.53. The molecule has 0 aliphatic carbocycles. The molecule has 4 aromatic rings. The molecule has 0 spiro atoms. The van der Waals surface area contributed by atoms with Crippen LogP contribution in [0.3, 0.4) is 0 Å². The summed E-state index contributed by atoms with van der Waals surface area (Å²) >= 11 is 0. The van der Waals surface area contributed by atoms with Crippen LogP contribution in [0.1, 0.15) is 11.4 Å². The minimum absolute atomic E-state index is 0.0100. The zero-order chi connectivity index (χ0) is 18.6. The van der Waals surface area contributed by atoms with Gasteiger partial charge in [-0.3, -0.25) is 0 Å². The van der Waals surface area contributed by atoms with E-state index in [-0.39, 0.29) is 11.3 Å². The monoisotopic (exact) mass is 359 g/mol. The Hall–Kier alpha value is -2.96. The fourth-order valence-electron chi connectivity index (χ4n) is 3.40. The fraction of sp³-hybridized carbons (Fsp3) is 0.211. The number of hydrogen-bond donors (Lipinski definition) is 1. The number of ether oxygens (including phenoxy) is 1. The molecule has 0 saturated heterocycles. The molecule has 4 rings (SSSR count). The first-order valence-electron chi connectivity index (χ1n) is 8.00. The quantitative estimate of drug-likeness (QED) is 0.544. The number of methoxy groups -OCH3 is 1. The van der Waals surface area contributed by atoms with Crippen molar-refractivity contribution in [1.29, 1.82) is 0 Å². The summed E-state index contributed by atoms with van der Waals surface area (Å²) < 4.78 is 48.9. The number of benzene rings is 2. The molecule has 0 fully saturated rings. The molecule has 134 valence electrons. The van der Waals surface area contributed by atoms with Gasteiger partial charge in [0.15, 0.2) is 5.75 Å². The minimum Gasteiger partial charge on any atom is -0.494 e. The summed E-state index contributed by atoms with van der Waals surface area (Å²) in [6, 6.07) is 8.13. The second kappa shape index (κ2) is 5.52. The van der Waals surface area contributed by atoms with Crippen LogP contribution < -0.4 is 4.74 Å². The Morgan fingerprint density at radius 3 is 2.65 bits per heavy atom. The second-order valence-corrected chi connectivity index (χ2v) is 6.16. The van der Waals surface area contributed by atoms with Crippen molar-refractivity contribution < 1.29 is 17.9 Å². The summed E-state index contributed by atoms with van der Waals surface area (Å²) in [5.74, 6) is 0.746. The number of alkyl halides is 3. The van der Waals surface area contributed by atoms with E-state index < -0.39 is 11.7 Å². The molecule has 0 unspecified atom stereocenters. The van der Waals surface area contributed by atoms with Crippen molar-refractivity contribution in [3.63, 3.8) is 0 Å². The first-order chi connectivity index (χ1) is 12.3. The van der Waals surface area contributed by atoms with Crippen LogP contribution in [0, 0.1) is 6.92 Å². The molecule has 1 N–H and O–H groups in total. The normalized spacial score (nSPS) is 12.2. The number of aryl methyl sites for hydroxylation is 2. The average molecular weight is 359 g/mol. The van der Waals surface area contributed by atoms with Crippen molar-refractivity contribution in [3.05, 3.63) is 47.9 Å². The molecule has 2 aromatic carbocycles. The third-order valence-corrected chi connectivity index (χ3v) is 4.73. The Morgan fingerprint density at radius 1 is 1.19 bits per heavy atom. The molecule has 0 atom stereocenters. The van der Waals surface area contributed by atoms with Crippen molar-refractivity contribution in [2.24, 2.45) is 7.05 Å². The number of hydrogen-bond acceptors (Lipinski definition) is 2. The van der Waals surface area contributed by atoms with Crippen LogP contribution in [-0.2, 0) is 13.2 Å². The van der Waals surface area contributed by atoms with Gasteiger partial charge in [-0.15, -0.1) is 0 Å². The number of aromatic nitrogens is 3. The summed E-state index contributed by atoms with van der Waals surface area (Å²) in [6.07, 6.45) is -2.83. The van der Waals surface area contributed by atoms with E-state index in [1.165, 1.54) is 7.11 Å². The van der Waals surface area contributed by atoms with Gasteiger partial charge in [-0.05, 0) is 30.7 Å². The largest absolute Gasteiger partial charge is 0.494 e. The molecule has 26 heavy (non-hydrogen) atoms. The van der Waals surface area contributed by atoms with Crippen LogP contribution in [0.25, 0.3) is 33.1 Å². The van der Waals surface area contributed by atoms with Gasteiger partial charge in [0, 0.05) is 29.7 Å². The lowest BCUT2D eigenvalue weighted by Gasteiger charge is -2.18. The van der Waals surface area contributed by atoms with E-state index in [0.29, 0.717) is 27.8 Å². The Morgan fingerprint density at radius 2 is 1.96 bits per heavy atom. The number of nitrogens with one attached hydrogen (secondary N) is 1. The van der Waals surface area contributed by atoms with Crippen molar-refractivity contribution >= 4 is 21.9 Å². The van der Waals surface area contributed by atoms with Gasteiger partial charge in [0.05, 0.1) is 18.2 Å². The molecule has 0 radical (unpaired) electrons. The van der Waals surface area contributed by atoms with Gasteiger partial charge in [-0.2, -0.15) is 13.2 Å². The van der Waals surface area contributed by atoms with Crippen LogP contribution in [0.5, 0.6) is 5.75 Å². The highest BCUT2D eigenvalue weighted by Gasteiger charge is 2.37. The lowest BCUT2D eigenvalue weighted by atomic mass is 9.94. The molecule has 0 amide bonds. The third-order valence-electron chi connectivity index (χ3n) is 4.73. The molecular formula is C19H16F3N3O. The first-order valence-corrected chi connectivity index (χ1v) is 8.00. The van der Waals surface area contributed by atoms with E-state index in [4.69, 9.17) is 4.74 Å². The van der Waals surface area contributed by atoms with Crippen molar-refractivity contribution in [3.8, 4) is 16.9 Å². The fourth-order valence-corrected chi connectivity index (χ4v) is 3.40. The predicted molar refractivity (Wildman–Crippen MR) is 94.3 cm³/mol. The van der Waals surface area contributed by atoms with E-state index >= 15 is 0 Å². The SMILES string of the molecule is COc1c(-c2cccc3[nH]ccc23)c(C(F)(F)F)cc2c1nc(C)n2C. The van der Waals surface area contributed by atoms with Gasteiger partial charge in [0.25, 0.3) is 0 Å². The van der Waals surface area contributed by atoms with Gasteiger partial charge in [0.2, 0.25) is 0 Å². The molecule has 0 aliphatic heterocycles. The van der Waals surface area contributed by atoms with Crippen LogP contribution >= 0.6 is 0 Å². The molecule has 0 bridgehead atoms. The number of nitrogens with zero attached hydrogens (tertiary/aromatic N) is 2. The summed E-state index contributed by atoms with van der Waals surface area (Å²) in [5.41, 5.74) is 1.29. The number of fused-ring (bicyclic) bond motifs is 2. The summed E-state index contributed by atoms with van der Waals surface area (Å²) in [4.78, 5) is 7.46. The maximum absolute atomic E-state index is 13.9. The Bertz CT molecular complexity index is 1140. The van der Waals surface area contributed by atoms with Crippen LogP contribution in [0.4, 0.5) is 13.2 Å². The molecule has 7 heteroatoms. The summed E-state index contributed by atoms with van der Waals surface area (Å²) in [6.45, 7) is 1.75.